The van der Waals surface area contributed by atoms with Crippen molar-refractivity contribution in [3.8, 4) is 17.2 Å². The van der Waals surface area contributed by atoms with Crippen molar-refractivity contribution in [1.82, 2.24) is 14.5 Å². The number of nitrogens with zero attached hydrogens (tertiary/aromatic N) is 3. The van der Waals surface area contributed by atoms with Crippen molar-refractivity contribution >= 4 is 21.6 Å². The number of methoxy groups -OCH3 is 1. The van der Waals surface area contributed by atoms with Crippen molar-refractivity contribution < 1.29 is 22.4 Å². The van der Waals surface area contributed by atoms with Crippen LogP contribution in [0.4, 0.5) is 5.69 Å². The number of sulfonamides is 1. The van der Waals surface area contributed by atoms with Crippen LogP contribution in [0.3, 0.4) is 0 Å². The molecule has 0 aliphatic rings. The third-order valence-corrected chi connectivity index (χ3v) is 6.55. The monoisotopic (exact) mass is 430 g/mol. The maximum Gasteiger partial charge on any atom is 0.255 e. The van der Waals surface area contributed by atoms with Crippen molar-refractivity contribution in [2.75, 3.05) is 25.5 Å². The first-order chi connectivity index (χ1) is 14.4. The predicted molar refractivity (Wildman–Crippen MR) is 111 cm³/mol. The number of ether oxygens (including phenoxy) is 1. The molecule has 0 aliphatic carbocycles. The number of hydrogen-bond donors (Lipinski definition) is 1. The number of benzene rings is 2. The Morgan fingerprint density at radius 2 is 1.93 bits per heavy atom. The van der Waals surface area contributed by atoms with Gasteiger partial charge in [-0.15, -0.1) is 10.2 Å². The first kappa shape index (κ1) is 21.5. The van der Waals surface area contributed by atoms with E-state index in [4.69, 9.17) is 9.15 Å². The fraction of sp³-hybridized carbons (Fsp3) is 0.250. The molecule has 2 aromatic carbocycles. The summed E-state index contributed by atoms with van der Waals surface area (Å²) in [6.07, 6.45) is 1.22. The Balaban J connectivity index is 1.91. The Kier molecular flexibility index (Phi) is 6.48. The van der Waals surface area contributed by atoms with E-state index in [9.17, 15) is 13.2 Å². The van der Waals surface area contributed by atoms with E-state index in [1.165, 1.54) is 36.0 Å². The molecule has 158 valence electrons. The van der Waals surface area contributed by atoms with Gasteiger partial charge in [0.15, 0.2) is 0 Å². The van der Waals surface area contributed by atoms with Crippen LogP contribution < -0.4 is 10.1 Å². The van der Waals surface area contributed by atoms with Gasteiger partial charge in [-0.3, -0.25) is 4.79 Å². The van der Waals surface area contributed by atoms with Gasteiger partial charge in [-0.1, -0.05) is 19.9 Å². The molecule has 1 aromatic heterocycles. The summed E-state index contributed by atoms with van der Waals surface area (Å²) in [4.78, 5) is 12.7. The highest BCUT2D eigenvalue weighted by molar-refractivity contribution is 7.89. The second-order valence-corrected chi connectivity index (χ2v) is 8.14. The van der Waals surface area contributed by atoms with Gasteiger partial charge in [0.2, 0.25) is 22.3 Å². The Bertz CT molecular complexity index is 1130. The number of anilines is 1. The number of amides is 1. The highest BCUT2D eigenvalue weighted by Crippen LogP contribution is 2.28. The van der Waals surface area contributed by atoms with Crippen LogP contribution in [0, 0.1) is 0 Å². The number of nitrogens with one attached hydrogen (secondary N) is 1. The molecular weight excluding hydrogens is 408 g/mol. The van der Waals surface area contributed by atoms with E-state index in [0.29, 0.717) is 30.2 Å². The van der Waals surface area contributed by atoms with Gasteiger partial charge in [-0.25, -0.2) is 8.42 Å². The van der Waals surface area contributed by atoms with Crippen LogP contribution in [0.15, 0.2) is 58.2 Å². The lowest BCUT2D eigenvalue weighted by atomic mass is 10.1. The van der Waals surface area contributed by atoms with E-state index in [-0.39, 0.29) is 16.2 Å². The average Bonchev–Trinajstić information content (AvgIpc) is 3.29. The quantitative estimate of drug-likeness (QED) is 0.584. The maximum atomic E-state index is 13.0. The van der Waals surface area contributed by atoms with E-state index in [1.807, 2.05) is 0 Å². The molecule has 30 heavy (non-hydrogen) atoms. The zero-order valence-electron chi connectivity index (χ0n) is 16.8. The Hall–Kier alpha value is -3.24. The summed E-state index contributed by atoms with van der Waals surface area (Å²) in [6.45, 7) is 4.11. The zero-order chi connectivity index (χ0) is 21.7. The van der Waals surface area contributed by atoms with E-state index in [0.717, 1.165) is 0 Å². The van der Waals surface area contributed by atoms with Crippen LogP contribution in [-0.4, -0.2) is 49.0 Å². The molecule has 0 fully saturated rings. The molecule has 0 radical (unpaired) electrons. The van der Waals surface area contributed by atoms with Gasteiger partial charge < -0.3 is 14.5 Å². The van der Waals surface area contributed by atoms with Crippen LogP contribution in [-0.2, 0) is 10.0 Å². The molecule has 9 nitrogen and oxygen atoms in total. The molecule has 1 N–H and O–H groups in total. The Labute approximate surface area is 174 Å². The van der Waals surface area contributed by atoms with Crippen molar-refractivity contribution in [2.45, 2.75) is 18.7 Å². The summed E-state index contributed by atoms with van der Waals surface area (Å²) in [5.74, 6) is 0.0383. The summed E-state index contributed by atoms with van der Waals surface area (Å²) >= 11 is 0. The lowest BCUT2D eigenvalue weighted by Crippen LogP contribution is -2.31. The van der Waals surface area contributed by atoms with Crippen molar-refractivity contribution in [3.63, 3.8) is 0 Å². The standard InChI is InChI=1S/C20H22N4O5S/c1-4-24(5-2)30(26,27)18-12-14(9-10-17(18)28-3)19(25)22-16-8-6-7-15(11-16)20-23-21-13-29-20/h6-13H,4-5H2,1-3H3,(H,22,25). The topological polar surface area (TPSA) is 115 Å². The van der Waals surface area contributed by atoms with Crippen LogP contribution >= 0.6 is 0 Å². The third-order valence-electron chi connectivity index (χ3n) is 4.48. The first-order valence-electron chi connectivity index (χ1n) is 9.26. The van der Waals surface area contributed by atoms with E-state index < -0.39 is 15.9 Å². The number of rotatable bonds is 8. The third kappa shape index (κ3) is 4.34. The highest BCUT2D eigenvalue weighted by Gasteiger charge is 2.26. The first-order valence-corrected chi connectivity index (χ1v) is 10.7. The van der Waals surface area contributed by atoms with Crippen LogP contribution in [0.2, 0.25) is 0 Å². The average molecular weight is 430 g/mol. The maximum absolute atomic E-state index is 13.0. The van der Waals surface area contributed by atoms with Gasteiger partial charge in [0.05, 0.1) is 7.11 Å². The van der Waals surface area contributed by atoms with Gasteiger partial charge in [-0.2, -0.15) is 4.31 Å². The molecule has 0 bridgehead atoms. The molecule has 0 aliphatic heterocycles. The summed E-state index contributed by atoms with van der Waals surface area (Å²) in [5, 5.41) is 10.2. The molecule has 0 saturated heterocycles. The van der Waals surface area contributed by atoms with E-state index >= 15 is 0 Å². The number of carbonyl (C=O) groups excluding carboxylic acids is 1. The molecule has 0 spiro atoms. The Morgan fingerprint density at radius 1 is 1.17 bits per heavy atom. The van der Waals surface area contributed by atoms with Gasteiger partial charge in [0, 0.05) is 29.9 Å². The van der Waals surface area contributed by atoms with Crippen LogP contribution in [0.1, 0.15) is 24.2 Å². The fourth-order valence-electron chi connectivity index (χ4n) is 2.95. The second-order valence-electron chi connectivity index (χ2n) is 6.23. The number of carbonyl (C=O) groups is 1. The van der Waals surface area contributed by atoms with Crippen LogP contribution in [0.25, 0.3) is 11.5 Å². The number of hydrogen-bond acceptors (Lipinski definition) is 7. The molecule has 3 rings (SSSR count). The lowest BCUT2D eigenvalue weighted by Gasteiger charge is -2.20. The van der Waals surface area contributed by atoms with Crippen molar-refractivity contribution in [2.24, 2.45) is 0 Å². The summed E-state index contributed by atoms with van der Waals surface area (Å²) in [7, 11) is -2.42. The molecule has 0 unspecified atom stereocenters. The minimum atomic E-state index is -3.81. The molecule has 0 saturated carbocycles. The Morgan fingerprint density at radius 3 is 2.57 bits per heavy atom. The van der Waals surface area contributed by atoms with E-state index in [1.54, 1.807) is 38.1 Å². The molecular formula is C20H22N4O5S. The van der Waals surface area contributed by atoms with E-state index in [2.05, 4.69) is 15.5 Å². The summed E-state index contributed by atoms with van der Waals surface area (Å²) in [6, 6.07) is 11.2. The zero-order valence-corrected chi connectivity index (χ0v) is 17.6. The largest absolute Gasteiger partial charge is 0.495 e. The van der Waals surface area contributed by atoms with Gasteiger partial charge in [0.25, 0.3) is 5.91 Å². The highest BCUT2D eigenvalue weighted by atomic mass is 32.2. The normalized spacial score (nSPS) is 11.5. The number of aromatic nitrogens is 2. The molecule has 10 heteroatoms. The van der Waals surface area contributed by atoms with Crippen molar-refractivity contribution in [3.05, 3.63) is 54.4 Å². The second kappa shape index (κ2) is 9.06. The molecule has 1 heterocycles. The molecule has 3 aromatic rings. The van der Waals surface area contributed by atoms with Gasteiger partial charge in [0.1, 0.15) is 10.6 Å². The summed E-state index contributed by atoms with van der Waals surface area (Å²) < 4.78 is 37.6. The fourth-order valence-corrected chi connectivity index (χ4v) is 4.59. The molecule has 1 amide bonds. The van der Waals surface area contributed by atoms with Crippen molar-refractivity contribution in [1.29, 1.82) is 0 Å². The SMILES string of the molecule is CCN(CC)S(=O)(=O)c1cc(C(=O)Nc2cccc(-c3nnco3)c2)ccc1OC. The van der Waals surface area contributed by atoms with Gasteiger partial charge >= 0.3 is 0 Å². The lowest BCUT2D eigenvalue weighted by molar-refractivity contribution is 0.102. The van der Waals surface area contributed by atoms with Gasteiger partial charge in [-0.05, 0) is 36.4 Å². The summed E-state index contributed by atoms with van der Waals surface area (Å²) in [5.41, 5.74) is 1.33. The predicted octanol–water partition coefficient (Wildman–Crippen LogP) is 3.03. The smallest absolute Gasteiger partial charge is 0.255 e. The molecule has 0 atom stereocenters. The minimum Gasteiger partial charge on any atom is -0.495 e. The minimum absolute atomic E-state index is 0.0547. The van der Waals surface area contributed by atoms with Crippen LogP contribution in [0.5, 0.6) is 5.75 Å².